The van der Waals surface area contributed by atoms with E-state index >= 15 is 0 Å². The lowest BCUT2D eigenvalue weighted by atomic mass is 9.86. The Balaban J connectivity index is 2.01. The maximum Gasteiger partial charge on any atom is 0.317 e. The van der Waals surface area contributed by atoms with Crippen molar-refractivity contribution in [2.75, 3.05) is 25.4 Å². The Kier molecular flexibility index (Phi) is 4.80. The van der Waals surface area contributed by atoms with Crippen LogP contribution in [0.15, 0.2) is 24.3 Å². The van der Waals surface area contributed by atoms with Gasteiger partial charge in [-0.1, -0.05) is 45.0 Å². The summed E-state index contributed by atoms with van der Waals surface area (Å²) in [5.74, 6) is 0.0204. The molecule has 0 unspecified atom stereocenters. The van der Waals surface area contributed by atoms with Crippen molar-refractivity contribution in [3.63, 3.8) is 0 Å². The lowest BCUT2D eigenvalue weighted by molar-refractivity contribution is 0.220. The van der Waals surface area contributed by atoms with Crippen molar-refractivity contribution in [3.05, 3.63) is 35.4 Å². The second-order valence-corrected chi connectivity index (χ2v) is 8.95. The van der Waals surface area contributed by atoms with Gasteiger partial charge in [0.05, 0.1) is 11.5 Å². The molecule has 122 valence electrons. The third kappa shape index (κ3) is 4.47. The minimum atomic E-state index is -3.23. The molecule has 1 heterocycles. The van der Waals surface area contributed by atoms with E-state index in [4.69, 9.17) is 0 Å². The molecular weight excluding hydrogens is 300 g/mol. The van der Waals surface area contributed by atoms with Gasteiger partial charge in [-0.05, 0) is 16.5 Å². The zero-order valence-corrected chi connectivity index (χ0v) is 14.2. The maximum atomic E-state index is 12.3. The van der Waals surface area contributed by atoms with Crippen LogP contribution in [0.5, 0.6) is 0 Å². The number of sulfone groups is 1. The molecule has 1 fully saturated rings. The van der Waals surface area contributed by atoms with Gasteiger partial charge >= 0.3 is 6.03 Å². The molecule has 2 amide bonds. The van der Waals surface area contributed by atoms with E-state index in [1.807, 2.05) is 24.3 Å². The fourth-order valence-electron chi connectivity index (χ4n) is 2.43. The molecule has 0 atom stereocenters. The number of urea groups is 1. The highest BCUT2D eigenvalue weighted by Crippen LogP contribution is 2.23. The average molecular weight is 324 g/mol. The molecule has 1 saturated heterocycles. The van der Waals surface area contributed by atoms with Crippen molar-refractivity contribution < 1.29 is 13.2 Å². The lowest BCUT2D eigenvalue weighted by Crippen LogP contribution is -2.32. The highest BCUT2D eigenvalue weighted by Gasteiger charge is 2.22. The van der Waals surface area contributed by atoms with Gasteiger partial charge < -0.3 is 10.2 Å². The zero-order chi connectivity index (χ0) is 16.4. The van der Waals surface area contributed by atoms with E-state index < -0.39 is 9.84 Å². The predicted molar refractivity (Wildman–Crippen MR) is 87.6 cm³/mol. The summed E-state index contributed by atoms with van der Waals surface area (Å²) in [7, 11) is -3.23. The molecule has 6 heteroatoms. The third-order valence-corrected chi connectivity index (χ3v) is 5.37. The quantitative estimate of drug-likeness (QED) is 0.900. The fraction of sp³-hybridized carbons (Fsp3) is 0.562. The van der Waals surface area contributed by atoms with Crippen LogP contribution < -0.4 is 5.32 Å². The standard InChI is InChI=1S/C16H24N2O3S/c1-16(2,3)14-6-4-5-13(11-14)12-22(20,21)10-9-18-8-7-17-15(18)19/h4-6,11H,7-10,12H2,1-3H3,(H,17,19). The SMILES string of the molecule is CC(C)(C)c1cccc(CS(=O)(=O)CCN2CCNC2=O)c1. The van der Waals surface area contributed by atoms with Crippen molar-refractivity contribution in [2.45, 2.75) is 31.9 Å². The second kappa shape index (κ2) is 6.28. The fourth-order valence-corrected chi connectivity index (χ4v) is 3.76. The van der Waals surface area contributed by atoms with Crippen LogP contribution in [-0.4, -0.2) is 44.7 Å². The average Bonchev–Trinajstić information content (AvgIpc) is 2.81. The summed E-state index contributed by atoms with van der Waals surface area (Å²) in [6, 6.07) is 7.55. The summed E-state index contributed by atoms with van der Waals surface area (Å²) < 4.78 is 24.5. The van der Waals surface area contributed by atoms with E-state index in [0.717, 1.165) is 11.1 Å². The Morgan fingerprint density at radius 1 is 1.27 bits per heavy atom. The molecule has 1 aromatic carbocycles. The molecular formula is C16H24N2O3S. The highest BCUT2D eigenvalue weighted by molar-refractivity contribution is 7.90. The second-order valence-electron chi connectivity index (χ2n) is 6.76. The van der Waals surface area contributed by atoms with Gasteiger partial charge in [0.1, 0.15) is 0 Å². The highest BCUT2D eigenvalue weighted by atomic mass is 32.2. The van der Waals surface area contributed by atoms with E-state index in [0.29, 0.717) is 13.1 Å². The lowest BCUT2D eigenvalue weighted by Gasteiger charge is -2.20. The van der Waals surface area contributed by atoms with Crippen LogP contribution in [0.25, 0.3) is 0 Å². The first kappa shape index (κ1) is 16.8. The summed E-state index contributed by atoms with van der Waals surface area (Å²) in [5.41, 5.74) is 1.92. The van der Waals surface area contributed by atoms with Crippen molar-refractivity contribution in [2.24, 2.45) is 0 Å². The number of hydrogen-bond acceptors (Lipinski definition) is 3. The number of carbonyl (C=O) groups is 1. The predicted octanol–water partition coefficient (Wildman–Crippen LogP) is 1.92. The Morgan fingerprint density at radius 2 is 2.00 bits per heavy atom. The van der Waals surface area contributed by atoms with Crippen LogP contribution >= 0.6 is 0 Å². The molecule has 2 rings (SSSR count). The molecule has 1 aliphatic rings. The van der Waals surface area contributed by atoms with Crippen LogP contribution in [0.3, 0.4) is 0 Å². The molecule has 0 bridgehead atoms. The first-order valence-electron chi connectivity index (χ1n) is 7.50. The zero-order valence-electron chi connectivity index (χ0n) is 13.4. The molecule has 1 aliphatic heterocycles. The van der Waals surface area contributed by atoms with Gasteiger partial charge in [-0.15, -0.1) is 0 Å². The van der Waals surface area contributed by atoms with E-state index in [1.54, 1.807) is 4.90 Å². The van der Waals surface area contributed by atoms with Gasteiger partial charge in [0.25, 0.3) is 0 Å². The van der Waals surface area contributed by atoms with Gasteiger partial charge in [-0.25, -0.2) is 13.2 Å². The number of carbonyl (C=O) groups excluding carboxylic acids is 1. The van der Waals surface area contributed by atoms with E-state index in [9.17, 15) is 13.2 Å². The summed E-state index contributed by atoms with van der Waals surface area (Å²) in [6.45, 7) is 7.74. The summed E-state index contributed by atoms with van der Waals surface area (Å²) in [4.78, 5) is 13.0. The van der Waals surface area contributed by atoms with Gasteiger partial charge in [-0.2, -0.15) is 0 Å². The smallest absolute Gasteiger partial charge is 0.317 e. The molecule has 1 aromatic rings. The van der Waals surface area contributed by atoms with Gasteiger partial charge in [0.15, 0.2) is 9.84 Å². The summed E-state index contributed by atoms with van der Waals surface area (Å²) in [5, 5.41) is 2.67. The molecule has 0 aromatic heterocycles. The minimum absolute atomic E-state index is 0.000164. The third-order valence-electron chi connectivity index (χ3n) is 3.80. The van der Waals surface area contributed by atoms with Crippen molar-refractivity contribution in [1.82, 2.24) is 10.2 Å². The summed E-state index contributed by atoms with van der Waals surface area (Å²) >= 11 is 0. The minimum Gasteiger partial charge on any atom is -0.336 e. The molecule has 0 spiro atoms. The first-order valence-corrected chi connectivity index (χ1v) is 9.32. The van der Waals surface area contributed by atoms with Crippen LogP contribution in [0, 0.1) is 0 Å². The Bertz CT molecular complexity index is 648. The van der Waals surface area contributed by atoms with Gasteiger partial charge in [-0.3, -0.25) is 0 Å². The van der Waals surface area contributed by atoms with Gasteiger partial charge in [0.2, 0.25) is 0 Å². The van der Waals surface area contributed by atoms with E-state index in [2.05, 4.69) is 26.1 Å². The van der Waals surface area contributed by atoms with Crippen LogP contribution in [0.2, 0.25) is 0 Å². The molecule has 0 radical (unpaired) electrons. The molecule has 0 saturated carbocycles. The van der Waals surface area contributed by atoms with E-state index in [-0.39, 0.29) is 29.5 Å². The first-order chi connectivity index (χ1) is 10.2. The number of nitrogens with zero attached hydrogens (tertiary/aromatic N) is 1. The largest absolute Gasteiger partial charge is 0.336 e. The van der Waals surface area contributed by atoms with Crippen LogP contribution in [0.1, 0.15) is 31.9 Å². The van der Waals surface area contributed by atoms with Crippen molar-refractivity contribution in [1.29, 1.82) is 0 Å². The van der Waals surface area contributed by atoms with Crippen LogP contribution in [0.4, 0.5) is 4.79 Å². The topological polar surface area (TPSA) is 66.5 Å². The number of benzene rings is 1. The van der Waals surface area contributed by atoms with Crippen molar-refractivity contribution in [3.8, 4) is 0 Å². The monoisotopic (exact) mass is 324 g/mol. The Labute approximate surface area is 132 Å². The number of amides is 2. The van der Waals surface area contributed by atoms with Gasteiger partial charge in [0, 0.05) is 19.6 Å². The number of hydrogen-bond donors (Lipinski definition) is 1. The molecule has 5 nitrogen and oxygen atoms in total. The molecule has 1 N–H and O–H groups in total. The number of rotatable bonds is 5. The molecule has 22 heavy (non-hydrogen) atoms. The van der Waals surface area contributed by atoms with Crippen molar-refractivity contribution >= 4 is 15.9 Å². The maximum absolute atomic E-state index is 12.3. The number of nitrogens with one attached hydrogen (secondary N) is 1. The Morgan fingerprint density at radius 3 is 2.59 bits per heavy atom. The normalized spacial score (nSPS) is 16.0. The summed E-state index contributed by atoms with van der Waals surface area (Å²) in [6.07, 6.45) is 0. The molecule has 0 aliphatic carbocycles. The van der Waals surface area contributed by atoms with Crippen LogP contribution in [-0.2, 0) is 21.0 Å². The van der Waals surface area contributed by atoms with E-state index in [1.165, 1.54) is 0 Å². The Hall–Kier alpha value is -1.56.